The van der Waals surface area contributed by atoms with E-state index in [0.29, 0.717) is 17.3 Å². The van der Waals surface area contributed by atoms with Crippen molar-refractivity contribution in [3.8, 4) is 11.5 Å². The Morgan fingerprint density at radius 1 is 1.00 bits per heavy atom. The van der Waals surface area contributed by atoms with Gasteiger partial charge in [0.05, 0.1) is 6.04 Å². The van der Waals surface area contributed by atoms with Crippen LogP contribution in [0.1, 0.15) is 32.7 Å². The molecule has 2 aromatic heterocycles. The van der Waals surface area contributed by atoms with E-state index < -0.39 is 0 Å². The first kappa shape index (κ1) is 17.2. The summed E-state index contributed by atoms with van der Waals surface area (Å²) < 4.78 is 5.73. The lowest BCUT2D eigenvalue weighted by molar-refractivity contribution is 0.0937. The average Bonchev–Trinajstić information content (AvgIpc) is 3.37. The highest BCUT2D eigenvalue weighted by molar-refractivity contribution is 7.10. The molecule has 1 N–H and O–H groups in total. The molecule has 134 valence electrons. The zero-order valence-electron chi connectivity index (χ0n) is 14.8. The number of aromatic nitrogens is 1. The maximum absolute atomic E-state index is 13.0. The number of carbonyl (C=O) groups excluding carboxylic acids is 1. The number of amides is 1. The molecule has 0 aliphatic carbocycles. The van der Waals surface area contributed by atoms with Crippen molar-refractivity contribution in [1.29, 1.82) is 0 Å². The molecule has 0 fully saturated rings. The normalized spacial score (nSPS) is 11.9. The van der Waals surface area contributed by atoms with E-state index in [0.717, 1.165) is 16.0 Å². The third kappa shape index (κ3) is 3.68. The van der Waals surface area contributed by atoms with Crippen molar-refractivity contribution in [3.63, 3.8) is 0 Å². The average molecular weight is 374 g/mol. The first-order chi connectivity index (χ1) is 13.2. The largest absolute Gasteiger partial charge is 0.441 e. The molecule has 0 saturated heterocycles. The minimum absolute atomic E-state index is 0.227. The number of oxazole rings is 1. The minimum atomic E-state index is -0.249. The molecule has 0 saturated carbocycles. The summed E-state index contributed by atoms with van der Waals surface area (Å²) in [6, 6.07) is 23.3. The van der Waals surface area contributed by atoms with Crippen LogP contribution in [0, 0.1) is 6.92 Å². The van der Waals surface area contributed by atoms with Gasteiger partial charge in [0.2, 0.25) is 5.89 Å². The van der Waals surface area contributed by atoms with Crippen LogP contribution in [0.5, 0.6) is 0 Å². The van der Waals surface area contributed by atoms with Gasteiger partial charge in [-0.1, -0.05) is 54.6 Å². The summed E-state index contributed by atoms with van der Waals surface area (Å²) in [5.41, 5.74) is 2.18. The van der Waals surface area contributed by atoms with Gasteiger partial charge < -0.3 is 9.73 Å². The highest BCUT2D eigenvalue weighted by Crippen LogP contribution is 2.27. The Balaban J connectivity index is 1.63. The highest BCUT2D eigenvalue weighted by atomic mass is 32.1. The number of benzene rings is 2. The number of carbonyl (C=O) groups is 1. The number of aryl methyl sites for hydroxylation is 1. The molecule has 5 heteroatoms. The minimum Gasteiger partial charge on any atom is -0.441 e. The fraction of sp³-hybridized carbons (Fsp3) is 0.0909. The first-order valence-electron chi connectivity index (χ1n) is 8.64. The molecule has 0 radical (unpaired) electrons. The zero-order valence-corrected chi connectivity index (χ0v) is 15.6. The standard InChI is InChI=1S/C22H18N2O2S/c1-15-19(24-22(26-15)17-11-6-3-7-12-17)21(25)23-20(18-13-8-14-27-18)16-9-4-2-5-10-16/h2-14,20H,1H3,(H,23,25). The number of rotatable bonds is 5. The monoisotopic (exact) mass is 374 g/mol. The van der Waals surface area contributed by atoms with Crippen molar-refractivity contribution in [2.24, 2.45) is 0 Å². The van der Waals surface area contributed by atoms with E-state index in [9.17, 15) is 4.79 Å². The maximum Gasteiger partial charge on any atom is 0.274 e. The van der Waals surface area contributed by atoms with Crippen LogP contribution in [0.3, 0.4) is 0 Å². The van der Waals surface area contributed by atoms with Crippen molar-refractivity contribution in [3.05, 3.63) is 100 Å². The van der Waals surface area contributed by atoms with Gasteiger partial charge in [0.25, 0.3) is 5.91 Å². The Labute approximate surface area is 161 Å². The predicted octanol–water partition coefficient (Wildman–Crippen LogP) is 5.23. The smallest absolute Gasteiger partial charge is 0.274 e. The van der Waals surface area contributed by atoms with Crippen LogP contribution in [0.4, 0.5) is 0 Å². The number of hydrogen-bond donors (Lipinski definition) is 1. The quantitative estimate of drug-likeness (QED) is 0.520. The van der Waals surface area contributed by atoms with E-state index in [-0.39, 0.29) is 11.9 Å². The van der Waals surface area contributed by atoms with Crippen LogP contribution < -0.4 is 5.32 Å². The molecule has 0 bridgehead atoms. The fourth-order valence-electron chi connectivity index (χ4n) is 2.93. The number of thiophene rings is 1. The van der Waals surface area contributed by atoms with E-state index in [4.69, 9.17) is 4.42 Å². The van der Waals surface area contributed by atoms with Crippen LogP contribution in [0.15, 0.2) is 82.6 Å². The lowest BCUT2D eigenvalue weighted by Gasteiger charge is -2.17. The lowest BCUT2D eigenvalue weighted by atomic mass is 10.1. The molecule has 0 aliphatic rings. The second kappa shape index (κ2) is 7.60. The molecule has 4 nitrogen and oxygen atoms in total. The van der Waals surface area contributed by atoms with Crippen molar-refractivity contribution in [2.75, 3.05) is 0 Å². The summed E-state index contributed by atoms with van der Waals surface area (Å²) in [6.45, 7) is 1.76. The summed E-state index contributed by atoms with van der Waals surface area (Å²) in [7, 11) is 0. The molecule has 0 spiro atoms. The Hall–Kier alpha value is -3.18. The topological polar surface area (TPSA) is 55.1 Å². The van der Waals surface area contributed by atoms with E-state index in [1.54, 1.807) is 18.3 Å². The van der Waals surface area contributed by atoms with Crippen LogP contribution in [-0.4, -0.2) is 10.9 Å². The lowest BCUT2D eigenvalue weighted by Crippen LogP contribution is -2.29. The van der Waals surface area contributed by atoms with Crippen molar-refractivity contribution in [2.45, 2.75) is 13.0 Å². The number of hydrogen-bond acceptors (Lipinski definition) is 4. The van der Waals surface area contributed by atoms with Gasteiger partial charge in [-0.3, -0.25) is 4.79 Å². The van der Waals surface area contributed by atoms with Gasteiger partial charge in [-0.15, -0.1) is 11.3 Å². The third-order valence-corrected chi connectivity index (χ3v) is 5.21. The molecule has 1 unspecified atom stereocenters. The van der Waals surface area contributed by atoms with Crippen LogP contribution in [-0.2, 0) is 0 Å². The van der Waals surface area contributed by atoms with Crippen molar-refractivity contribution >= 4 is 17.2 Å². The van der Waals surface area contributed by atoms with Crippen molar-refractivity contribution < 1.29 is 9.21 Å². The number of nitrogens with zero attached hydrogens (tertiary/aromatic N) is 1. The molecular weight excluding hydrogens is 356 g/mol. The fourth-order valence-corrected chi connectivity index (χ4v) is 3.73. The van der Waals surface area contributed by atoms with E-state index in [2.05, 4.69) is 10.3 Å². The molecule has 1 atom stereocenters. The summed E-state index contributed by atoms with van der Waals surface area (Å²) in [4.78, 5) is 18.5. The van der Waals surface area contributed by atoms with Gasteiger partial charge in [-0.2, -0.15) is 0 Å². The Bertz CT molecular complexity index is 1020. The molecule has 2 heterocycles. The second-order valence-corrected chi connectivity index (χ2v) is 7.10. The van der Waals surface area contributed by atoms with Gasteiger partial charge in [-0.05, 0) is 36.1 Å². The van der Waals surface area contributed by atoms with Crippen LogP contribution in [0.2, 0.25) is 0 Å². The maximum atomic E-state index is 13.0. The van der Waals surface area contributed by atoms with Gasteiger partial charge in [0.1, 0.15) is 5.76 Å². The van der Waals surface area contributed by atoms with Gasteiger partial charge in [0.15, 0.2) is 5.69 Å². The third-order valence-electron chi connectivity index (χ3n) is 4.27. The summed E-state index contributed by atoms with van der Waals surface area (Å²) in [6.07, 6.45) is 0. The molecular formula is C22H18N2O2S. The highest BCUT2D eigenvalue weighted by Gasteiger charge is 2.23. The zero-order chi connectivity index (χ0) is 18.6. The SMILES string of the molecule is Cc1oc(-c2ccccc2)nc1C(=O)NC(c1ccccc1)c1cccs1. The summed E-state index contributed by atoms with van der Waals surface area (Å²) in [5, 5.41) is 5.11. The molecule has 4 rings (SSSR count). The van der Waals surface area contributed by atoms with Gasteiger partial charge >= 0.3 is 0 Å². The van der Waals surface area contributed by atoms with Crippen molar-refractivity contribution in [1.82, 2.24) is 10.3 Å². The predicted molar refractivity (Wildman–Crippen MR) is 107 cm³/mol. The van der Waals surface area contributed by atoms with Gasteiger partial charge in [-0.25, -0.2) is 4.98 Å². The Morgan fingerprint density at radius 3 is 2.37 bits per heavy atom. The second-order valence-electron chi connectivity index (χ2n) is 6.12. The molecule has 2 aromatic carbocycles. The molecule has 4 aromatic rings. The first-order valence-corrected chi connectivity index (χ1v) is 9.52. The van der Waals surface area contributed by atoms with Gasteiger partial charge in [0, 0.05) is 10.4 Å². The molecule has 27 heavy (non-hydrogen) atoms. The summed E-state index contributed by atoms with van der Waals surface area (Å²) >= 11 is 1.61. The van der Waals surface area contributed by atoms with E-state index in [1.165, 1.54) is 0 Å². The van der Waals surface area contributed by atoms with Crippen LogP contribution in [0.25, 0.3) is 11.5 Å². The van der Waals surface area contributed by atoms with E-state index in [1.807, 2.05) is 78.2 Å². The van der Waals surface area contributed by atoms with E-state index >= 15 is 0 Å². The molecule has 1 amide bonds. The number of nitrogens with one attached hydrogen (secondary N) is 1. The molecule has 0 aliphatic heterocycles. The Morgan fingerprint density at radius 2 is 1.70 bits per heavy atom. The Kier molecular flexibility index (Phi) is 4.85. The summed E-state index contributed by atoms with van der Waals surface area (Å²) in [5.74, 6) is 0.704. The van der Waals surface area contributed by atoms with Crippen LogP contribution >= 0.6 is 11.3 Å².